The van der Waals surface area contributed by atoms with Crippen LogP contribution < -0.4 is 15.4 Å². The maximum Gasteiger partial charge on any atom is 0.416 e. The molecule has 0 heterocycles. The van der Waals surface area contributed by atoms with Gasteiger partial charge in [-0.2, -0.15) is 13.2 Å². The van der Waals surface area contributed by atoms with Gasteiger partial charge in [-0.15, -0.1) is 0 Å². The Kier molecular flexibility index (Phi) is 5.63. The molecule has 2 amide bonds. The van der Waals surface area contributed by atoms with Crippen molar-refractivity contribution in [2.45, 2.75) is 13.1 Å². The lowest BCUT2D eigenvalue weighted by Crippen LogP contribution is -2.20. The number of carbonyl (C=O) groups excluding carboxylic acids is 2. The number of anilines is 2. The Hall–Kier alpha value is -3.03. The van der Waals surface area contributed by atoms with E-state index >= 15 is 0 Å². The molecule has 0 fully saturated rings. The molecule has 0 aliphatic rings. The van der Waals surface area contributed by atoms with E-state index in [0.717, 1.165) is 24.3 Å². The first-order valence-corrected chi connectivity index (χ1v) is 7.21. The van der Waals surface area contributed by atoms with Crippen LogP contribution in [0, 0.1) is 0 Å². The molecule has 5 nitrogen and oxygen atoms in total. The summed E-state index contributed by atoms with van der Waals surface area (Å²) in [6, 6.07) is 10.5. The first-order chi connectivity index (χ1) is 11.7. The third kappa shape index (κ3) is 5.83. The monoisotopic (exact) mass is 352 g/mol. The van der Waals surface area contributed by atoms with Gasteiger partial charge < -0.3 is 15.4 Å². The summed E-state index contributed by atoms with van der Waals surface area (Å²) < 4.78 is 42.5. The van der Waals surface area contributed by atoms with E-state index in [-0.39, 0.29) is 18.3 Å². The summed E-state index contributed by atoms with van der Waals surface area (Å²) in [7, 11) is 0. The van der Waals surface area contributed by atoms with Crippen LogP contribution in [0.2, 0.25) is 0 Å². The molecule has 0 saturated heterocycles. The number of hydrogen-bond donors (Lipinski definition) is 2. The van der Waals surface area contributed by atoms with Crippen molar-refractivity contribution in [3.63, 3.8) is 0 Å². The van der Waals surface area contributed by atoms with Gasteiger partial charge in [-0.3, -0.25) is 9.59 Å². The summed E-state index contributed by atoms with van der Waals surface area (Å²) in [6.45, 7) is 1.03. The molecule has 2 rings (SSSR count). The zero-order valence-electron chi connectivity index (χ0n) is 13.2. The zero-order chi connectivity index (χ0) is 18.4. The number of ether oxygens (including phenoxy) is 1. The van der Waals surface area contributed by atoms with Crippen LogP contribution in [0.5, 0.6) is 5.75 Å². The number of halogens is 3. The lowest BCUT2D eigenvalue weighted by atomic mass is 10.2. The van der Waals surface area contributed by atoms with Crippen LogP contribution in [0.4, 0.5) is 24.5 Å². The number of benzene rings is 2. The predicted molar refractivity (Wildman–Crippen MR) is 86.3 cm³/mol. The number of nitrogens with one attached hydrogen (secondary N) is 2. The second kappa shape index (κ2) is 7.69. The highest BCUT2D eigenvalue weighted by molar-refractivity contribution is 5.93. The lowest BCUT2D eigenvalue weighted by molar-refractivity contribution is -0.137. The molecule has 0 radical (unpaired) electrons. The van der Waals surface area contributed by atoms with Gasteiger partial charge in [-0.1, -0.05) is 0 Å². The molecule has 8 heteroatoms. The molecule has 0 aliphatic heterocycles. The van der Waals surface area contributed by atoms with E-state index in [1.54, 1.807) is 24.3 Å². The molecular weight excluding hydrogens is 337 g/mol. The molecule has 0 aliphatic carbocycles. The van der Waals surface area contributed by atoms with Gasteiger partial charge in [0.1, 0.15) is 5.75 Å². The minimum atomic E-state index is -4.42. The molecule has 0 spiro atoms. The molecule has 0 saturated carbocycles. The highest BCUT2D eigenvalue weighted by Gasteiger charge is 2.30. The fraction of sp³-hybridized carbons (Fsp3) is 0.176. The van der Waals surface area contributed by atoms with E-state index in [4.69, 9.17) is 4.74 Å². The molecule has 2 aromatic rings. The Morgan fingerprint density at radius 1 is 0.920 bits per heavy atom. The standard InChI is InChI=1S/C17H15F3N2O3/c1-11(23)21-13-4-6-14(7-5-13)22-16(24)10-25-15-8-2-12(3-9-15)17(18,19)20/h2-9H,10H2,1H3,(H,21,23)(H,22,24). The van der Waals surface area contributed by atoms with Crippen LogP contribution in [0.15, 0.2) is 48.5 Å². The van der Waals surface area contributed by atoms with Gasteiger partial charge in [0.25, 0.3) is 5.91 Å². The van der Waals surface area contributed by atoms with Crippen molar-refractivity contribution in [3.05, 3.63) is 54.1 Å². The summed E-state index contributed by atoms with van der Waals surface area (Å²) in [4.78, 5) is 22.7. The van der Waals surface area contributed by atoms with Crippen molar-refractivity contribution in [1.82, 2.24) is 0 Å². The van der Waals surface area contributed by atoms with E-state index in [1.807, 2.05) is 0 Å². The van der Waals surface area contributed by atoms with Crippen LogP contribution in [-0.4, -0.2) is 18.4 Å². The second-order valence-electron chi connectivity index (χ2n) is 5.12. The van der Waals surface area contributed by atoms with Crippen molar-refractivity contribution in [2.24, 2.45) is 0 Å². The summed E-state index contributed by atoms with van der Waals surface area (Å²) in [5.74, 6) is -0.516. The molecule has 0 bridgehead atoms. The second-order valence-corrected chi connectivity index (χ2v) is 5.12. The number of alkyl halides is 3. The number of hydrogen-bond acceptors (Lipinski definition) is 3. The average Bonchev–Trinajstić information content (AvgIpc) is 2.54. The van der Waals surface area contributed by atoms with E-state index in [2.05, 4.69) is 10.6 Å². The van der Waals surface area contributed by atoms with E-state index in [0.29, 0.717) is 11.4 Å². The topological polar surface area (TPSA) is 67.4 Å². The van der Waals surface area contributed by atoms with Crippen molar-refractivity contribution in [1.29, 1.82) is 0 Å². The average molecular weight is 352 g/mol. The fourth-order valence-electron chi connectivity index (χ4n) is 1.93. The molecule has 0 aromatic heterocycles. The Morgan fingerprint density at radius 2 is 1.44 bits per heavy atom. The van der Waals surface area contributed by atoms with Gasteiger partial charge in [0, 0.05) is 18.3 Å². The maximum absolute atomic E-state index is 12.4. The largest absolute Gasteiger partial charge is 0.484 e. The molecule has 25 heavy (non-hydrogen) atoms. The molecule has 132 valence electrons. The first kappa shape index (κ1) is 18.3. The van der Waals surface area contributed by atoms with Crippen molar-refractivity contribution in [3.8, 4) is 5.75 Å². The lowest BCUT2D eigenvalue weighted by Gasteiger charge is -2.10. The summed E-state index contributed by atoms with van der Waals surface area (Å²) in [5.41, 5.74) is 0.296. The minimum Gasteiger partial charge on any atom is -0.484 e. The van der Waals surface area contributed by atoms with Gasteiger partial charge in [0.2, 0.25) is 5.91 Å². The van der Waals surface area contributed by atoms with Crippen molar-refractivity contribution >= 4 is 23.2 Å². The van der Waals surface area contributed by atoms with Crippen LogP contribution in [0.25, 0.3) is 0 Å². The SMILES string of the molecule is CC(=O)Nc1ccc(NC(=O)COc2ccc(C(F)(F)F)cc2)cc1. The van der Waals surface area contributed by atoms with Crippen LogP contribution >= 0.6 is 0 Å². The summed E-state index contributed by atoms with van der Waals surface area (Å²) >= 11 is 0. The van der Waals surface area contributed by atoms with Crippen molar-refractivity contribution in [2.75, 3.05) is 17.2 Å². The molecule has 2 aromatic carbocycles. The quantitative estimate of drug-likeness (QED) is 0.863. The van der Waals surface area contributed by atoms with Crippen LogP contribution in [0.3, 0.4) is 0 Å². The Morgan fingerprint density at radius 3 is 1.92 bits per heavy atom. The van der Waals surface area contributed by atoms with Gasteiger partial charge in [0.05, 0.1) is 5.56 Å². The predicted octanol–water partition coefficient (Wildman–Crippen LogP) is 3.68. The normalized spacial score (nSPS) is 10.9. The van der Waals surface area contributed by atoms with E-state index < -0.39 is 17.6 Å². The maximum atomic E-state index is 12.4. The highest BCUT2D eigenvalue weighted by Crippen LogP contribution is 2.30. The zero-order valence-corrected chi connectivity index (χ0v) is 13.2. The van der Waals surface area contributed by atoms with Crippen LogP contribution in [-0.2, 0) is 15.8 Å². The van der Waals surface area contributed by atoms with E-state index in [9.17, 15) is 22.8 Å². The molecule has 0 atom stereocenters. The number of amides is 2. The Balaban J connectivity index is 1.85. The third-order valence-corrected chi connectivity index (χ3v) is 3.04. The van der Waals surface area contributed by atoms with Crippen LogP contribution in [0.1, 0.15) is 12.5 Å². The number of carbonyl (C=O) groups is 2. The summed E-state index contributed by atoms with van der Waals surface area (Å²) in [6.07, 6.45) is -4.42. The van der Waals surface area contributed by atoms with Crippen molar-refractivity contribution < 1.29 is 27.5 Å². The molecule has 2 N–H and O–H groups in total. The molecule has 0 unspecified atom stereocenters. The summed E-state index contributed by atoms with van der Waals surface area (Å²) in [5, 5.41) is 5.16. The van der Waals surface area contributed by atoms with Gasteiger partial charge in [0.15, 0.2) is 6.61 Å². The smallest absolute Gasteiger partial charge is 0.416 e. The Bertz CT molecular complexity index is 741. The third-order valence-electron chi connectivity index (χ3n) is 3.04. The van der Waals surface area contributed by atoms with E-state index in [1.165, 1.54) is 6.92 Å². The van der Waals surface area contributed by atoms with Gasteiger partial charge in [-0.05, 0) is 48.5 Å². The Labute approximate surface area is 141 Å². The minimum absolute atomic E-state index is 0.157. The van der Waals surface area contributed by atoms with Gasteiger partial charge in [-0.25, -0.2) is 0 Å². The fourth-order valence-corrected chi connectivity index (χ4v) is 1.93. The van der Waals surface area contributed by atoms with Gasteiger partial charge >= 0.3 is 6.18 Å². The number of rotatable bonds is 5. The highest BCUT2D eigenvalue weighted by atomic mass is 19.4. The first-order valence-electron chi connectivity index (χ1n) is 7.21. The molecular formula is C17H15F3N2O3.